The summed E-state index contributed by atoms with van der Waals surface area (Å²) in [7, 11) is -3.90. The van der Waals surface area contributed by atoms with Crippen LogP contribution >= 0.6 is 0 Å². The third kappa shape index (κ3) is 4.61. The fraction of sp³-hybridized carbons (Fsp3) is 0. The van der Waals surface area contributed by atoms with Crippen molar-refractivity contribution in [3.05, 3.63) is 24.3 Å². The summed E-state index contributed by atoms with van der Waals surface area (Å²) in [4.78, 5) is 0. The van der Waals surface area contributed by atoms with E-state index in [0.29, 0.717) is 0 Å². The number of nitrogen functional groups attached to an aromatic ring is 1. The van der Waals surface area contributed by atoms with Crippen LogP contribution in [0.25, 0.3) is 0 Å². The number of benzene rings is 1. The maximum atomic E-state index is 10.5. The molecular weight excluding hydrogens is 306 g/mol. The summed E-state index contributed by atoms with van der Waals surface area (Å²) in [6.07, 6.45) is 0. The molecule has 0 bridgehead atoms. The van der Waals surface area contributed by atoms with Gasteiger partial charge in [0.05, 0.1) is 5.69 Å². The van der Waals surface area contributed by atoms with Gasteiger partial charge < -0.3 is 14.5 Å². The van der Waals surface area contributed by atoms with Gasteiger partial charge in [0.15, 0.2) is 5.75 Å². The summed E-state index contributed by atoms with van der Waals surface area (Å²) in [6.45, 7) is 0. The van der Waals surface area contributed by atoms with Gasteiger partial charge in [0.2, 0.25) is 0 Å². The summed E-state index contributed by atoms with van der Waals surface area (Å²) in [5, 5.41) is 0. The largest absolute Gasteiger partial charge is 1.00 e. The van der Waals surface area contributed by atoms with Gasteiger partial charge in [0.25, 0.3) is 0 Å². The van der Waals surface area contributed by atoms with E-state index in [1.807, 2.05) is 0 Å². The molecule has 7 heteroatoms. The van der Waals surface area contributed by atoms with Crippen molar-refractivity contribution in [2.45, 2.75) is 0 Å². The summed E-state index contributed by atoms with van der Waals surface area (Å²) in [6, 6.07) is 6.22. The molecule has 0 aromatic heterocycles. The normalized spacial score (nSPS) is 13.9. The van der Waals surface area contributed by atoms with E-state index in [4.69, 9.17) is 5.73 Å². The number of para-hydroxylation sites is 2. The van der Waals surface area contributed by atoms with E-state index in [-0.39, 0.29) is 33.8 Å². The molecule has 0 heterocycles. The van der Waals surface area contributed by atoms with Crippen molar-refractivity contribution in [2.24, 2.45) is 0 Å². The van der Waals surface area contributed by atoms with Crippen LogP contribution in [-0.4, -0.2) is 8.76 Å². The van der Waals surface area contributed by atoms with Gasteiger partial charge in [-0.25, -0.2) is 4.21 Å². The first-order valence-corrected chi connectivity index (χ1v) is 5.32. The van der Waals surface area contributed by atoms with E-state index in [0.717, 1.165) is 0 Å². The van der Waals surface area contributed by atoms with Crippen molar-refractivity contribution >= 4 is 25.9 Å². The van der Waals surface area contributed by atoms with E-state index >= 15 is 0 Å². The average Bonchev–Trinajstić information content (AvgIpc) is 1.91. The molecule has 1 rings (SSSR count). The maximum absolute atomic E-state index is 10.5. The van der Waals surface area contributed by atoms with Gasteiger partial charge in [-0.05, 0) is 12.1 Å². The second-order valence-corrected chi connectivity index (χ2v) is 4.24. The molecule has 1 unspecified atom stereocenters. The van der Waals surface area contributed by atoms with Crippen LogP contribution in [0.1, 0.15) is 0 Å². The molecule has 0 fully saturated rings. The van der Waals surface area contributed by atoms with Crippen molar-refractivity contribution in [1.29, 1.82) is 0 Å². The first-order chi connectivity index (χ1) is 5.49. The Morgan fingerprint density at radius 1 is 1.46 bits per heavy atom. The van der Waals surface area contributed by atoms with Crippen LogP contribution in [0.3, 0.4) is 0 Å². The standard InChI is InChI=1S/C6H7NO3S2.Ag/c7-5-3-1-2-4-6(5)10-12(8,9)11;/h1-4H,7H2,(H,8,9,11);/q;+1/p-1. The molecule has 0 amide bonds. The van der Waals surface area contributed by atoms with E-state index in [1.54, 1.807) is 12.1 Å². The molecule has 0 aliphatic heterocycles. The predicted molar refractivity (Wildman–Crippen MR) is 47.8 cm³/mol. The first kappa shape index (κ1) is 12.9. The van der Waals surface area contributed by atoms with Gasteiger partial charge in [0, 0.05) is 11.2 Å². The Hall–Kier alpha value is -0.110. The molecular formula is C6H6AgNO3S2. The van der Waals surface area contributed by atoms with Crippen molar-refractivity contribution in [1.82, 2.24) is 0 Å². The molecule has 0 spiro atoms. The van der Waals surface area contributed by atoms with Crippen LogP contribution in [-0.2, 0) is 42.6 Å². The van der Waals surface area contributed by atoms with Gasteiger partial charge in [-0.2, -0.15) is 0 Å². The molecule has 4 nitrogen and oxygen atoms in total. The molecule has 76 valence electrons. The molecule has 0 saturated heterocycles. The van der Waals surface area contributed by atoms with Crippen molar-refractivity contribution < 1.29 is 35.3 Å². The zero-order chi connectivity index (χ0) is 9.19. The summed E-state index contributed by atoms with van der Waals surface area (Å²) in [5.74, 6) is 0.0625. The number of hydrogen-bond donors (Lipinski definition) is 1. The summed E-state index contributed by atoms with van der Waals surface area (Å²) in [5.41, 5.74) is 5.63. The van der Waals surface area contributed by atoms with Crippen molar-refractivity contribution in [3.63, 3.8) is 0 Å². The Kier molecular flexibility index (Phi) is 4.90. The fourth-order valence-corrected chi connectivity index (χ4v) is 1.26. The Morgan fingerprint density at radius 2 is 2.00 bits per heavy atom. The number of nitrogens with two attached hydrogens (primary N) is 1. The number of hydrogen-bond acceptors (Lipinski definition) is 5. The van der Waals surface area contributed by atoms with E-state index in [9.17, 15) is 8.76 Å². The van der Waals surface area contributed by atoms with Crippen molar-refractivity contribution in [3.8, 4) is 5.75 Å². The van der Waals surface area contributed by atoms with E-state index in [1.165, 1.54) is 12.1 Å². The molecule has 2 N–H and O–H groups in total. The van der Waals surface area contributed by atoms with Crippen LogP contribution in [0.5, 0.6) is 5.75 Å². The molecule has 0 saturated carbocycles. The third-order valence-electron chi connectivity index (χ3n) is 1.11. The Labute approximate surface area is 96.7 Å². The Balaban J connectivity index is 0.00000144. The minimum atomic E-state index is -3.90. The first-order valence-electron chi connectivity index (χ1n) is 2.99. The summed E-state index contributed by atoms with van der Waals surface area (Å²) >= 11 is 4.02. The minimum Gasteiger partial charge on any atom is -0.739 e. The molecule has 1 aromatic carbocycles. The van der Waals surface area contributed by atoms with Crippen molar-refractivity contribution in [2.75, 3.05) is 5.73 Å². The predicted octanol–water partition coefficient (Wildman–Crippen LogP) is 0.437. The minimum absolute atomic E-state index is 0. The number of rotatable bonds is 2. The molecule has 0 radical (unpaired) electrons. The topological polar surface area (TPSA) is 75.4 Å². The van der Waals surface area contributed by atoms with Gasteiger partial charge in [0.1, 0.15) is 9.05 Å². The Morgan fingerprint density at radius 3 is 2.46 bits per heavy atom. The second kappa shape index (κ2) is 4.94. The maximum Gasteiger partial charge on any atom is 1.00 e. The van der Waals surface area contributed by atoms with E-state index < -0.39 is 9.05 Å². The monoisotopic (exact) mass is 311 g/mol. The average molecular weight is 312 g/mol. The smallest absolute Gasteiger partial charge is 0.739 e. The zero-order valence-corrected chi connectivity index (χ0v) is 9.34. The van der Waals surface area contributed by atoms with Crippen LogP contribution in [0, 0.1) is 0 Å². The summed E-state index contributed by atoms with van der Waals surface area (Å²) < 4.78 is 25.4. The number of anilines is 1. The molecule has 13 heavy (non-hydrogen) atoms. The van der Waals surface area contributed by atoms with Gasteiger partial charge in [-0.15, -0.1) is 0 Å². The quantitative estimate of drug-likeness (QED) is 0.633. The molecule has 1 aromatic rings. The third-order valence-corrected chi connectivity index (χ3v) is 1.70. The van der Waals surface area contributed by atoms with E-state index in [2.05, 4.69) is 15.4 Å². The van der Waals surface area contributed by atoms with Gasteiger partial charge in [-0.3, -0.25) is 0 Å². The SMILES string of the molecule is Nc1ccccc1OS(=O)([O-])=S.[Ag+]. The Bertz CT molecular complexity index is 379. The molecule has 1 atom stereocenters. The fourth-order valence-electron chi connectivity index (χ4n) is 0.666. The van der Waals surface area contributed by atoms with Gasteiger partial charge >= 0.3 is 22.4 Å². The molecule has 0 aliphatic rings. The van der Waals surface area contributed by atoms with Crippen LogP contribution < -0.4 is 9.92 Å². The second-order valence-electron chi connectivity index (χ2n) is 2.03. The van der Waals surface area contributed by atoms with Crippen LogP contribution in [0.15, 0.2) is 24.3 Å². The van der Waals surface area contributed by atoms with Crippen LogP contribution in [0.4, 0.5) is 5.69 Å². The van der Waals surface area contributed by atoms with Crippen LogP contribution in [0.2, 0.25) is 0 Å². The van der Waals surface area contributed by atoms with Gasteiger partial charge in [-0.1, -0.05) is 12.1 Å². The molecule has 0 aliphatic carbocycles. The zero-order valence-electron chi connectivity index (χ0n) is 6.23.